The highest BCUT2D eigenvalue weighted by molar-refractivity contribution is 5.49. The van der Waals surface area contributed by atoms with Crippen LogP contribution in [0, 0.1) is 5.92 Å². The molecule has 2 saturated heterocycles. The maximum atomic E-state index is 5.61. The van der Waals surface area contributed by atoms with Crippen LogP contribution in [0.25, 0.3) is 0 Å². The number of likely N-dealkylation sites (N-methyl/N-ethyl adjacent to an activating group) is 1. The van der Waals surface area contributed by atoms with Gasteiger partial charge in [-0.2, -0.15) is 0 Å². The van der Waals surface area contributed by atoms with Crippen molar-refractivity contribution in [2.45, 2.75) is 25.3 Å². The van der Waals surface area contributed by atoms with Crippen LogP contribution in [0.3, 0.4) is 0 Å². The normalized spacial score (nSPS) is 25.5. The Hall–Kier alpha value is -1.40. The lowest BCUT2D eigenvalue weighted by Gasteiger charge is -2.29. The molecule has 6 heteroatoms. The first-order valence-electron chi connectivity index (χ1n) is 8.66. The van der Waals surface area contributed by atoms with E-state index in [1.807, 2.05) is 19.0 Å². The number of aromatic nitrogens is 2. The van der Waals surface area contributed by atoms with Crippen LogP contribution in [0.2, 0.25) is 0 Å². The second-order valence-electron chi connectivity index (χ2n) is 7.02. The fourth-order valence-electron chi connectivity index (χ4n) is 3.57. The van der Waals surface area contributed by atoms with Gasteiger partial charge in [0.05, 0.1) is 6.61 Å². The predicted octanol–water partition coefficient (Wildman–Crippen LogP) is 1.48. The number of nitrogens with zero attached hydrogens (tertiary/aromatic N) is 5. The summed E-state index contributed by atoms with van der Waals surface area (Å²) in [6.07, 6.45) is 5.39. The molecule has 3 rings (SSSR count). The van der Waals surface area contributed by atoms with E-state index in [1.54, 1.807) is 6.33 Å². The lowest BCUT2D eigenvalue weighted by molar-refractivity contribution is 0.0416. The number of hydrogen-bond donors (Lipinski definition) is 0. The molecule has 2 fully saturated rings. The fourth-order valence-corrected chi connectivity index (χ4v) is 3.57. The van der Waals surface area contributed by atoms with Gasteiger partial charge in [-0.1, -0.05) is 0 Å². The number of hydrogen-bond acceptors (Lipinski definition) is 6. The van der Waals surface area contributed by atoms with E-state index in [9.17, 15) is 0 Å². The first-order chi connectivity index (χ1) is 11.1. The molecule has 0 radical (unpaired) electrons. The van der Waals surface area contributed by atoms with E-state index in [0.29, 0.717) is 12.0 Å². The zero-order valence-electron chi connectivity index (χ0n) is 14.6. The molecule has 1 aromatic heterocycles. The van der Waals surface area contributed by atoms with Gasteiger partial charge in [-0.3, -0.25) is 0 Å². The van der Waals surface area contributed by atoms with Gasteiger partial charge in [0, 0.05) is 59.5 Å². The lowest BCUT2D eigenvalue weighted by atomic mass is 10.0. The molecule has 23 heavy (non-hydrogen) atoms. The molecule has 2 unspecified atom stereocenters. The predicted molar refractivity (Wildman–Crippen MR) is 93.2 cm³/mol. The molecule has 0 aliphatic carbocycles. The summed E-state index contributed by atoms with van der Waals surface area (Å²) in [4.78, 5) is 15.7. The van der Waals surface area contributed by atoms with Gasteiger partial charge in [-0.05, 0) is 25.2 Å². The van der Waals surface area contributed by atoms with E-state index >= 15 is 0 Å². The van der Waals surface area contributed by atoms with Gasteiger partial charge in [-0.25, -0.2) is 9.97 Å². The minimum absolute atomic E-state index is 0.532. The lowest BCUT2D eigenvalue weighted by Crippen LogP contribution is -2.37. The number of likely N-dealkylation sites (tertiary alicyclic amines) is 1. The van der Waals surface area contributed by atoms with Crippen LogP contribution in [0.1, 0.15) is 19.3 Å². The molecule has 128 valence electrons. The summed E-state index contributed by atoms with van der Waals surface area (Å²) in [6, 6.07) is 2.60. The summed E-state index contributed by atoms with van der Waals surface area (Å²) < 4.78 is 5.61. The van der Waals surface area contributed by atoms with Gasteiger partial charge in [0.1, 0.15) is 18.0 Å². The maximum Gasteiger partial charge on any atom is 0.134 e. The summed E-state index contributed by atoms with van der Waals surface area (Å²) in [7, 11) is 6.17. The molecular weight excluding hydrogens is 290 g/mol. The summed E-state index contributed by atoms with van der Waals surface area (Å²) in [5.41, 5.74) is 0. The van der Waals surface area contributed by atoms with Crippen molar-refractivity contribution in [3.8, 4) is 0 Å². The summed E-state index contributed by atoms with van der Waals surface area (Å²) in [5, 5.41) is 0. The van der Waals surface area contributed by atoms with E-state index in [0.717, 1.165) is 31.4 Å². The Labute approximate surface area is 139 Å². The van der Waals surface area contributed by atoms with Crippen LogP contribution >= 0.6 is 0 Å². The van der Waals surface area contributed by atoms with Crippen molar-refractivity contribution in [2.24, 2.45) is 5.92 Å². The van der Waals surface area contributed by atoms with Crippen molar-refractivity contribution in [1.82, 2.24) is 14.9 Å². The molecule has 6 nitrogen and oxygen atoms in total. The second kappa shape index (κ2) is 7.45. The molecule has 2 atom stereocenters. The average Bonchev–Trinajstić information content (AvgIpc) is 3.03. The zero-order valence-corrected chi connectivity index (χ0v) is 14.6. The first-order valence-corrected chi connectivity index (χ1v) is 8.66. The maximum absolute atomic E-state index is 5.61. The minimum atomic E-state index is 0.532. The van der Waals surface area contributed by atoms with Gasteiger partial charge in [-0.15, -0.1) is 0 Å². The Kier molecular flexibility index (Phi) is 5.33. The number of anilines is 2. The third-order valence-corrected chi connectivity index (χ3v) is 5.02. The molecule has 1 aromatic rings. The molecule has 3 heterocycles. The molecule has 0 saturated carbocycles. The van der Waals surface area contributed by atoms with Crippen LogP contribution in [0.4, 0.5) is 11.6 Å². The fraction of sp³-hybridized carbons (Fsp3) is 0.765. The molecule has 0 bridgehead atoms. The summed E-state index contributed by atoms with van der Waals surface area (Å²) in [5.74, 6) is 2.68. The molecule has 0 spiro atoms. The molecule has 2 aliphatic heterocycles. The average molecular weight is 319 g/mol. The van der Waals surface area contributed by atoms with E-state index in [1.165, 1.54) is 32.4 Å². The quantitative estimate of drug-likeness (QED) is 0.819. The summed E-state index contributed by atoms with van der Waals surface area (Å²) in [6.45, 7) is 5.36. The third kappa shape index (κ3) is 4.12. The van der Waals surface area contributed by atoms with Crippen LogP contribution in [-0.4, -0.2) is 74.9 Å². The van der Waals surface area contributed by atoms with Crippen molar-refractivity contribution in [3.63, 3.8) is 0 Å². The van der Waals surface area contributed by atoms with E-state index in [4.69, 9.17) is 4.74 Å². The van der Waals surface area contributed by atoms with Gasteiger partial charge in [0.15, 0.2) is 0 Å². The molecule has 0 aromatic carbocycles. The number of ether oxygens (including phenoxy) is 1. The Morgan fingerprint density at radius 1 is 1.22 bits per heavy atom. The highest BCUT2D eigenvalue weighted by Gasteiger charge is 2.28. The largest absolute Gasteiger partial charge is 0.381 e. The Morgan fingerprint density at radius 3 is 2.78 bits per heavy atom. The van der Waals surface area contributed by atoms with Gasteiger partial charge >= 0.3 is 0 Å². The molecular formula is C17H29N5O. The molecule has 0 N–H and O–H groups in total. The van der Waals surface area contributed by atoms with Gasteiger partial charge in [0.2, 0.25) is 0 Å². The van der Waals surface area contributed by atoms with Crippen LogP contribution in [-0.2, 0) is 4.74 Å². The van der Waals surface area contributed by atoms with Gasteiger partial charge in [0.25, 0.3) is 0 Å². The molecule has 0 amide bonds. The SMILES string of the molecule is CN(C)c1cc(N(C)C2CCN(CC3CCCOC3)C2)ncn1. The van der Waals surface area contributed by atoms with E-state index in [-0.39, 0.29) is 0 Å². The number of rotatable bonds is 5. The molecule has 2 aliphatic rings. The van der Waals surface area contributed by atoms with E-state index < -0.39 is 0 Å². The zero-order chi connectivity index (χ0) is 16.2. The Bertz CT molecular complexity index is 504. The van der Waals surface area contributed by atoms with Crippen LogP contribution in [0.15, 0.2) is 12.4 Å². The van der Waals surface area contributed by atoms with Crippen molar-refractivity contribution in [2.75, 3.05) is 63.8 Å². The van der Waals surface area contributed by atoms with Crippen molar-refractivity contribution in [1.29, 1.82) is 0 Å². The second-order valence-corrected chi connectivity index (χ2v) is 7.02. The standard InChI is InChI=1S/C17H29N5O/c1-20(2)16-9-17(19-13-18-16)21(3)15-6-7-22(11-15)10-14-5-4-8-23-12-14/h9,13-15H,4-8,10-12H2,1-3H3. The van der Waals surface area contributed by atoms with Crippen LogP contribution in [0.5, 0.6) is 0 Å². The summed E-state index contributed by atoms with van der Waals surface area (Å²) >= 11 is 0. The smallest absolute Gasteiger partial charge is 0.134 e. The first kappa shape index (κ1) is 16.5. The van der Waals surface area contributed by atoms with E-state index in [2.05, 4.69) is 32.9 Å². The van der Waals surface area contributed by atoms with Crippen molar-refractivity contribution < 1.29 is 4.74 Å². The highest BCUT2D eigenvalue weighted by atomic mass is 16.5. The Balaban J connectivity index is 1.56. The van der Waals surface area contributed by atoms with Crippen LogP contribution < -0.4 is 9.80 Å². The van der Waals surface area contributed by atoms with Crippen molar-refractivity contribution in [3.05, 3.63) is 12.4 Å². The highest BCUT2D eigenvalue weighted by Crippen LogP contribution is 2.23. The van der Waals surface area contributed by atoms with Gasteiger partial charge < -0.3 is 19.4 Å². The third-order valence-electron chi connectivity index (χ3n) is 5.02. The minimum Gasteiger partial charge on any atom is -0.381 e. The Morgan fingerprint density at radius 2 is 2.04 bits per heavy atom. The topological polar surface area (TPSA) is 44.7 Å². The monoisotopic (exact) mass is 319 g/mol. The van der Waals surface area contributed by atoms with Crippen molar-refractivity contribution >= 4 is 11.6 Å².